The Kier molecular flexibility index (Phi) is 7.17. The van der Waals surface area contributed by atoms with E-state index in [1.807, 2.05) is 24.9 Å². The second-order valence-corrected chi connectivity index (χ2v) is 8.80. The van der Waals surface area contributed by atoms with Gasteiger partial charge in [-0.2, -0.15) is 18.4 Å². The Balaban J connectivity index is 1.56. The van der Waals surface area contributed by atoms with Gasteiger partial charge in [0, 0.05) is 19.2 Å². The summed E-state index contributed by atoms with van der Waals surface area (Å²) < 4.78 is 49.1. The summed E-state index contributed by atoms with van der Waals surface area (Å²) in [7, 11) is 3.63. The largest absolute Gasteiger partial charge is 0.491 e. The number of carbonyl (C=O) groups is 1. The number of pyridine rings is 1. The predicted molar refractivity (Wildman–Crippen MR) is 127 cm³/mol. The van der Waals surface area contributed by atoms with Crippen molar-refractivity contribution in [3.63, 3.8) is 0 Å². The molecule has 1 saturated heterocycles. The molecular formula is C25H27F3N6O2. The molecule has 4 rings (SSSR count). The van der Waals surface area contributed by atoms with E-state index >= 15 is 0 Å². The molecule has 1 unspecified atom stereocenters. The van der Waals surface area contributed by atoms with Crippen LogP contribution in [0.25, 0.3) is 22.3 Å². The Morgan fingerprint density at radius 1 is 1.31 bits per heavy atom. The Labute approximate surface area is 206 Å². The molecule has 1 amide bonds. The van der Waals surface area contributed by atoms with Crippen LogP contribution in [0.1, 0.15) is 31.0 Å². The van der Waals surface area contributed by atoms with Gasteiger partial charge in [-0.3, -0.25) is 9.69 Å². The number of likely N-dealkylation sites (N-methyl/N-ethyl adjacent to an activating group) is 2. The number of benzene rings is 1. The molecule has 2 aromatic heterocycles. The van der Waals surface area contributed by atoms with Gasteiger partial charge in [-0.15, -0.1) is 0 Å². The molecule has 0 N–H and O–H groups in total. The molecule has 0 spiro atoms. The lowest BCUT2D eigenvalue weighted by Gasteiger charge is -2.27. The van der Waals surface area contributed by atoms with Gasteiger partial charge in [0.05, 0.1) is 35.7 Å². The van der Waals surface area contributed by atoms with Crippen LogP contribution in [0.4, 0.5) is 13.2 Å². The van der Waals surface area contributed by atoms with E-state index in [-0.39, 0.29) is 47.8 Å². The molecule has 0 saturated carbocycles. The maximum absolute atomic E-state index is 13.9. The van der Waals surface area contributed by atoms with Crippen LogP contribution in [0, 0.1) is 11.3 Å². The first-order valence-corrected chi connectivity index (χ1v) is 11.7. The molecule has 1 fully saturated rings. The van der Waals surface area contributed by atoms with Gasteiger partial charge in [0.25, 0.3) is 0 Å². The molecule has 11 heteroatoms. The standard InChI is InChI=1S/C25H27F3N6O2/c1-4-34(24(35)20-6-5-9-32(20)2)10-11-36-22-8-7-16(12-17(22)25(26,27)28)18-13-21-23(19(14-29)31-18)30-15-33(21)3/h7-8,12-13,15,20H,4-6,9-11H2,1-3H3. The zero-order chi connectivity index (χ0) is 26.0. The number of halogens is 3. The molecule has 1 aliphatic rings. The Morgan fingerprint density at radius 2 is 2.08 bits per heavy atom. The van der Waals surface area contributed by atoms with Crippen LogP contribution in [0.2, 0.25) is 0 Å². The lowest BCUT2D eigenvalue weighted by molar-refractivity contribution is -0.139. The van der Waals surface area contributed by atoms with Gasteiger partial charge in [-0.25, -0.2) is 9.97 Å². The van der Waals surface area contributed by atoms with E-state index in [1.54, 1.807) is 22.6 Å². The van der Waals surface area contributed by atoms with E-state index in [0.717, 1.165) is 25.5 Å². The van der Waals surface area contributed by atoms with Gasteiger partial charge in [-0.1, -0.05) is 0 Å². The summed E-state index contributed by atoms with van der Waals surface area (Å²) in [5.41, 5.74) is 0.484. The second-order valence-electron chi connectivity index (χ2n) is 8.80. The molecule has 0 aliphatic carbocycles. The van der Waals surface area contributed by atoms with Crippen LogP contribution in [-0.2, 0) is 18.0 Å². The summed E-state index contributed by atoms with van der Waals surface area (Å²) in [6.07, 6.45) is -1.43. The monoisotopic (exact) mass is 500 g/mol. The fourth-order valence-corrected chi connectivity index (χ4v) is 4.51. The summed E-state index contributed by atoms with van der Waals surface area (Å²) in [5.74, 6) is -0.354. The van der Waals surface area contributed by atoms with Crippen LogP contribution in [0.15, 0.2) is 30.6 Å². The highest BCUT2D eigenvalue weighted by molar-refractivity contribution is 5.84. The van der Waals surface area contributed by atoms with E-state index in [4.69, 9.17) is 4.74 Å². The number of hydrogen-bond acceptors (Lipinski definition) is 6. The summed E-state index contributed by atoms with van der Waals surface area (Å²) in [6.45, 7) is 3.24. The van der Waals surface area contributed by atoms with Crippen LogP contribution < -0.4 is 4.74 Å². The number of imidazole rings is 1. The highest BCUT2D eigenvalue weighted by atomic mass is 19.4. The fraction of sp³-hybridized carbons (Fsp3) is 0.440. The normalized spacial score (nSPS) is 16.3. The average molecular weight is 501 g/mol. The quantitative estimate of drug-likeness (QED) is 0.490. The second kappa shape index (κ2) is 10.1. The first kappa shape index (κ1) is 25.4. The number of hydrogen-bond donors (Lipinski definition) is 0. The third kappa shape index (κ3) is 4.99. The first-order chi connectivity index (χ1) is 17.1. The predicted octanol–water partition coefficient (Wildman–Crippen LogP) is 3.85. The number of rotatable bonds is 7. The van der Waals surface area contributed by atoms with Crippen molar-refractivity contribution in [1.29, 1.82) is 5.26 Å². The van der Waals surface area contributed by atoms with Crippen molar-refractivity contribution in [2.24, 2.45) is 7.05 Å². The van der Waals surface area contributed by atoms with Gasteiger partial charge < -0.3 is 14.2 Å². The number of amides is 1. The van der Waals surface area contributed by atoms with E-state index < -0.39 is 11.7 Å². The summed E-state index contributed by atoms with van der Waals surface area (Å²) in [4.78, 5) is 24.8. The molecule has 0 radical (unpaired) electrons. The maximum atomic E-state index is 13.9. The number of alkyl halides is 3. The van der Waals surface area contributed by atoms with E-state index in [1.165, 1.54) is 18.5 Å². The fourth-order valence-electron chi connectivity index (χ4n) is 4.51. The van der Waals surface area contributed by atoms with Crippen molar-refractivity contribution in [2.75, 3.05) is 33.3 Å². The number of aryl methyl sites for hydroxylation is 1. The van der Waals surface area contributed by atoms with Gasteiger partial charge in [0.1, 0.15) is 23.9 Å². The van der Waals surface area contributed by atoms with Crippen molar-refractivity contribution in [3.8, 4) is 23.1 Å². The minimum atomic E-state index is -4.67. The third-order valence-corrected chi connectivity index (χ3v) is 6.52. The number of fused-ring (bicyclic) bond motifs is 1. The minimum Gasteiger partial charge on any atom is -0.491 e. The Hall–Kier alpha value is -3.65. The van der Waals surface area contributed by atoms with Gasteiger partial charge in [0.2, 0.25) is 5.91 Å². The molecular weight excluding hydrogens is 473 g/mol. The Morgan fingerprint density at radius 3 is 2.72 bits per heavy atom. The minimum absolute atomic E-state index is 0.0302. The summed E-state index contributed by atoms with van der Waals surface area (Å²) >= 11 is 0. The summed E-state index contributed by atoms with van der Waals surface area (Å²) in [6, 6.07) is 7.06. The van der Waals surface area contributed by atoms with Crippen molar-refractivity contribution in [1.82, 2.24) is 24.3 Å². The Bertz CT molecular complexity index is 1310. The molecule has 3 heterocycles. The van der Waals surface area contributed by atoms with Crippen molar-refractivity contribution >= 4 is 16.9 Å². The van der Waals surface area contributed by atoms with E-state index in [2.05, 4.69) is 9.97 Å². The SMILES string of the molecule is CCN(CCOc1ccc(-c2cc3c(ncn3C)c(C#N)n2)cc1C(F)(F)F)C(=O)C1CCCN1C. The van der Waals surface area contributed by atoms with Crippen LogP contribution in [-0.4, -0.2) is 69.6 Å². The molecule has 1 aromatic carbocycles. The number of carbonyl (C=O) groups excluding carboxylic acids is 1. The number of nitrogens with zero attached hydrogens (tertiary/aromatic N) is 6. The molecule has 1 aliphatic heterocycles. The van der Waals surface area contributed by atoms with Gasteiger partial charge in [-0.05, 0) is 57.6 Å². The maximum Gasteiger partial charge on any atom is 0.419 e. The van der Waals surface area contributed by atoms with Crippen LogP contribution >= 0.6 is 0 Å². The van der Waals surface area contributed by atoms with Crippen LogP contribution in [0.5, 0.6) is 5.75 Å². The van der Waals surface area contributed by atoms with Crippen molar-refractivity contribution in [3.05, 3.63) is 41.9 Å². The lowest BCUT2D eigenvalue weighted by atomic mass is 10.1. The third-order valence-electron chi connectivity index (χ3n) is 6.52. The molecule has 1 atom stereocenters. The molecule has 3 aromatic rings. The lowest BCUT2D eigenvalue weighted by Crippen LogP contribution is -2.45. The van der Waals surface area contributed by atoms with Crippen molar-refractivity contribution in [2.45, 2.75) is 32.0 Å². The average Bonchev–Trinajstić information content (AvgIpc) is 3.45. The zero-order valence-electron chi connectivity index (χ0n) is 20.3. The molecule has 0 bridgehead atoms. The molecule has 190 valence electrons. The summed E-state index contributed by atoms with van der Waals surface area (Å²) in [5, 5.41) is 9.44. The highest BCUT2D eigenvalue weighted by Crippen LogP contribution is 2.39. The zero-order valence-corrected chi connectivity index (χ0v) is 20.3. The molecule has 36 heavy (non-hydrogen) atoms. The smallest absolute Gasteiger partial charge is 0.419 e. The van der Waals surface area contributed by atoms with E-state index in [0.29, 0.717) is 17.6 Å². The number of aromatic nitrogens is 3. The molecule has 8 nitrogen and oxygen atoms in total. The van der Waals surface area contributed by atoms with Crippen molar-refractivity contribution < 1.29 is 22.7 Å². The van der Waals surface area contributed by atoms with Crippen LogP contribution in [0.3, 0.4) is 0 Å². The van der Waals surface area contributed by atoms with Gasteiger partial charge in [0.15, 0.2) is 5.69 Å². The number of nitriles is 1. The number of likely N-dealkylation sites (tertiary alicyclic amines) is 1. The van der Waals surface area contributed by atoms with Gasteiger partial charge >= 0.3 is 6.18 Å². The highest BCUT2D eigenvalue weighted by Gasteiger charge is 2.35. The number of ether oxygens (including phenoxy) is 1. The van der Waals surface area contributed by atoms with E-state index in [9.17, 15) is 23.2 Å². The topological polar surface area (TPSA) is 87.3 Å². The first-order valence-electron chi connectivity index (χ1n) is 11.7.